The lowest BCUT2D eigenvalue weighted by Crippen LogP contribution is -2.20. The summed E-state index contributed by atoms with van der Waals surface area (Å²) < 4.78 is 18.0. The molecule has 108 valence electrons. The fraction of sp³-hybridized carbons (Fsp3) is 0.0714. The highest BCUT2D eigenvalue weighted by Crippen LogP contribution is 2.16. The summed E-state index contributed by atoms with van der Waals surface area (Å²) in [4.78, 5) is 25.9. The minimum absolute atomic E-state index is 0.0240. The van der Waals surface area contributed by atoms with Crippen LogP contribution in [0.3, 0.4) is 0 Å². The normalized spacial score (nSPS) is 9.95. The average Bonchev–Trinajstić information content (AvgIpc) is 2.46. The van der Waals surface area contributed by atoms with Crippen molar-refractivity contribution in [3.8, 4) is 5.75 Å². The number of hydrogen-bond donors (Lipinski definition) is 2. The number of benzene rings is 1. The first-order valence-corrected chi connectivity index (χ1v) is 5.99. The molecule has 0 fully saturated rings. The van der Waals surface area contributed by atoms with Crippen molar-refractivity contribution < 1.29 is 18.7 Å². The van der Waals surface area contributed by atoms with E-state index in [1.807, 2.05) is 0 Å². The third kappa shape index (κ3) is 4.27. The second kappa shape index (κ2) is 6.47. The monoisotopic (exact) mass is 289 g/mol. The fourth-order valence-corrected chi connectivity index (χ4v) is 1.52. The van der Waals surface area contributed by atoms with Gasteiger partial charge in [-0.25, -0.2) is 4.98 Å². The Morgan fingerprint density at radius 2 is 1.90 bits per heavy atom. The van der Waals surface area contributed by atoms with E-state index in [1.165, 1.54) is 12.1 Å². The molecule has 0 spiro atoms. The van der Waals surface area contributed by atoms with Gasteiger partial charge in [0.15, 0.2) is 6.61 Å². The van der Waals surface area contributed by atoms with Crippen molar-refractivity contribution in [1.82, 2.24) is 4.98 Å². The van der Waals surface area contributed by atoms with E-state index in [0.717, 1.165) is 6.07 Å². The van der Waals surface area contributed by atoms with Crippen LogP contribution in [0.4, 0.5) is 10.1 Å². The Morgan fingerprint density at radius 1 is 1.19 bits per heavy atom. The predicted molar refractivity (Wildman–Crippen MR) is 73.3 cm³/mol. The van der Waals surface area contributed by atoms with Crippen LogP contribution in [-0.2, 0) is 4.79 Å². The molecular formula is C14H12FN3O3. The molecule has 3 N–H and O–H groups in total. The highest BCUT2D eigenvalue weighted by molar-refractivity contribution is 6.02. The topological polar surface area (TPSA) is 94.3 Å². The number of carbonyl (C=O) groups excluding carboxylic acids is 2. The van der Waals surface area contributed by atoms with Gasteiger partial charge in [0.05, 0.1) is 0 Å². The number of pyridine rings is 1. The largest absolute Gasteiger partial charge is 0.484 e. The van der Waals surface area contributed by atoms with Crippen LogP contribution in [0.25, 0.3) is 0 Å². The van der Waals surface area contributed by atoms with Gasteiger partial charge in [-0.15, -0.1) is 0 Å². The molecule has 21 heavy (non-hydrogen) atoms. The molecule has 1 aromatic carbocycles. The number of anilines is 1. The van der Waals surface area contributed by atoms with E-state index < -0.39 is 17.8 Å². The summed E-state index contributed by atoms with van der Waals surface area (Å²) in [6.07, 6.45) is 0. The molecule has 0 saturated carbocycles. The zero-order chi connectivity index (χ0) is 15.2. The average molecular weight is 289 g/mol. The van der Waals surface area contributed by atoms with Crippen LogP contribution < -0.4 is 15.8 Å². The first-order valence-electron chi connectivity index (χ1n) is 5.99. The number of nitrogens with one attached hydrogen (secondary N) is 1. The van der Waals surface area contributed by atoms with Crippen LogP contribution in [0.2, 0.25) is 0 Å². The van der Waals surface area contributed by atoms with E-state index in [2.05, 4.69) is 10.3 Å². The van der Waals surface area contributed by atoms with Gasteiger partial charge in [0.1, 0.15) is 11.4 Å². The second-order valence-electron chi connectivity index (χ2n) is 4.08. The molecule has 0 saturated heterocycles. The maximum atomic E-state index is 12.9. The van der Waals surface area contributed by atoms with Crippen molar-refractivity contribution in [2.45, 2.75) is 0 Å². The third-order valence-electron chi connectivity index (χ3n) is 2.44. The van der Waals surface area contributed by atoms with Crippen LogP contribution in [0.1, 0.15) is 10.5 Å². The van der Waals surface area contributed by atoms with Gasteiger partial charge in [-0.05, 0) is 36.4 Å². The maximum absolute atomic E-state index is 12.9. The number of carbonyl (C=O) groups is 2. The Bertz CT molecular complexity index is 659. The molecule has 0 aliphatic heterocycles. The first kappa shape index (κ1) is 14.4. The molecule has 2 aromatic rings. The minimum Gasteiger partial charge on any atom is -0.484 e. The van der Waals surface area contributed by atoms with Gasteiger partial charge in [-0.1, -0.05) is 6.07 Å². The lowest BCUT2D eigenvalue weighted by molar-refractivity contribution is -0.119. The van der Waals surface area contributed by atoms with Crippen LogP contribution >= 0.6 is 0 Å². The van der Waals surface area contributed by atoms with Gasteiger partial charge in [0.25, 0.3) is 11.8 Å². The number of aromatic nitrogens is 1. The number of primary amides is 1. The van der Waals surface area contributed by atoms with E-state index in [4.69, 9.17) is 10.5 Å². The summed E-state index contributed by atoms with van der Waals surface area (Å²) in [5, 5.41) is 2.56. The Labute approximate surface area is 119 Å². The second-order valence-corrected chi connectivity index (χ2v) is 4.08. The Morgan fingerprint density at radius 3 is 2.52 bits per heavy atom. The number of halogens is 1. The van der Waals surface area contributed by atoms with Crippen molar-refractivity contribution in [1.29, 1.82) is 0 Å². The molecule has 0 radical (unpaired) electrons. The number of amides is 2. The van der Waals surface area contributed by atoms with Crippen LogP contribution in [0, 0.1) is 5.95 Å². The molecule has 0 bridgehead atoms. The van der Waals surface area contributed by atoms with Crippen molar-refractivity contribution in [3.63, 3.8) is 0 Å². The molecule has 1 heterocycles. The lowest BCUT2D eigenvalue weighted by Gasteiger charge is -2.07. The molecule has 7 heteroatoms. The van der Waals surface area contributed by atoms with Gasteiger partial charge < -0.3 is 15.8 Å². The quantitative estimate of drug-likeness (QED) is 0.812. The molecule has 0 atom stereocenters. The van der Waals surface area contributed by atoms with Gasteiger partial charge >= 0.3 is 0 Å². The summed E-state index contributed by atoms with van der Waals surface area (Å²) in [6.45, 7) is -0.223. The Hall–Kier alpha value is -2.96. The molecule has 0 aliphatic rings. The van der Waals surface area contributed by atoms with Crippen LogP contribution in [0.15, 0.2) is 42.5 Å². The smallest absolute Gasteiger partial charge is 0.274 e. The SMILES string of the molecule is NC(=O)COc1ccc(NC(=O)c2cccc(F)n2)cc1. The zero-order valence-electron chi connectivity index (χ0n) is 10.9. The zero-order valence-corrected chi connectivity index (χ0v) is 10.9. The molecule has 2 amide bonds. The lowest BCUT2D eigenvalue weighted by atomic mass is 10.3. The Kier molecular flexibility index (Phi) is 4.45. The van der Waals surface area contributed by atoms with Gasteiger partial charge in [-0.3, -0.25) is 9.59 Å². The summed E-state index contributed by atoms with van der Waals surface area (Å²) >= 11 is 0. The highest BCUT2D eigenvalue weighted by atomic mass is 19.1. The Balaban J connectivity index is 2.00. The van der Waals surface area contributed by atoms with E-state index in [9.17, 15) is 14.0 Å². The van der Waals surface area contributed by atoms with Gasteiger partial charge in [0, 0.05) is 5.69 Å². The van der Waals surface area contributed by atoms with Crippen LogP contribution in [0.5, 0.6) is 5.75 Å². The van der Waals surface area contributed by atoms with Crippen molar-refractivity contribution >= 4 is 17.5 Å². The number of hydrogen-bond acceptors (Lipinski definition) is 4. The van der Waals surface area contributed by atoms with E-state index >= 15 is 0 Å². The summed E-state index contributed by atoms with van der Waals surface area (Å²) in [5.41, 5.74) is 5.41. The summed E-state index contributed by atoms with van der Waals surface area (Å²) in [6, 6.07) is 10.2. The van der Waals surface area contributed by atoms with E-state index in [1.54, 1.807) is 24.3 Å². The van der Waals surface area contributed by atoms with Crippen molar-refractivity contribution in [2.75, 3.05) is 11.9 Å². The molecule has 1 aromatic heterocycles. The van der Waals surface area contributed by atoms with Crippen molar-refractivity contribution in [2.24, 2.45) is 5.73 Å². The number of nitrogens with zero attached hydrogens (tertiary/aromatic N) is 1. The highest BCUT2D eigenvalue weighted by Gasteiger charge is 2.08. The number of rotatable bonds is 5. The molecule has 2 rings (SSSR count). The van der Waals surface area contributed by atoms with Crippen LogP contribution in [-0.4, -0.2) is 23.4 Å². The predicted octanol–water partition coefficient (Wildman–Crippen LogP) is 1.34. The first-order chi connectivity index (χ1) is 10.0. The van der Waals surface area contributed by atoms with E-state index in [0.29, 0.717) is 11.4 Å². The number of nitrogens with two attached hydrogens (primary N) is 1. The third-order valence-corrected chi connectivity index (χ3v) is 2.44. The molecule has 6 nitrogen and oxygen atoms in total. The van der Waals surface area contributed by atoms with Gasteiger partial charge in [-0.2, -0.15) is 4.39 Å². The molecule has 0 unspecified atom stereocenters. The van der Waals surface area contributed by atoms with Crippen molar-refractivity contribution in [3.05, 3.63) is 54.1 Å². The summed E-state index contributed by atoms with van der Waals surface area (Å²) in [7, 11) is 0. The maximum Gasteiger partial charge on any atom is 0.274 e. The standard InChI is InChI=1S/C14H12FN3O3/c15-12-3-1-2-11(18-12)14(20)17-9-4-6-10(7-5-9)21-8-13(16)19/h1-7H,8H2,(H2,16,19)(H,17,20). The van der Waals surface area contributed by atoms with Gasteiger partial charge in [0.2, 0.25) is 5.95 Å². The molecular weight excluding hydrogens is 277 g/mol. The number of ether oxygens (including phenoxy) is 1. The molecule has 0 aliphatic carbocycles. The minimum atomic E-state index is -0.724. The summed E-state index contributed by atoms with van der Waals surface area (Å²) in [5.74, 6) is -1.39. The van der Waals surface area contributed by atoms with E-state index in [-0.39, 0.29) is 12.3 Å². The fourth-order valence-electron chi connectivity index (χ4n) is 1.52.